The number of nitrogens with two attached hydrogens (primary N) is 1. The quantitative estimate of drug-likeness (QED) is 0.743. The van der Waals surface area contributed by atoms with Gasteiger partial charge in [-0.3, -0.25) is 0 Å². The molecular weight excluding hydrogens is 214 g/mol. The Hall–Kier alpha value is -1.75. The normalized spacial score (nSPS) is 18.4. The van der Waals surface area contributed by atoms with Gasteiger partial charge in [-0.25, -0.2) is 8.42 Å². The van der Waals surface area contributed by atoms with Gasteiger partial charge in [-0.15, -0.1) is 0 Å². The third-order valence-corrected chi connectivity index (χ3v) is 3.86. The summed E-state index contributed by atoms with van der Waals surface area (Å²) in [6.45, 7) is 0. The van der Waals surface area contributed by atoms with Crippen molar-refractivity contribution in [1.29, 1.82) is 0 Å². The molecule has 1 aliphatic heterocycles. The predicted octanol–water partition coefficient (Wildman–Crippen LogP) is 0.962. The second kappa shape index (κ2) is 3.13. The van der Waals surface area contributed by atoms with Crippen molar-refractivity contribution in [3.05, 3.63) is 47.0 Å². The smallest absolute Gasteiger partial charge is 0.222 e. The average Bonchev–Trinajstić information content (AvgIpc) is 2.44. The molecule has 2 rings (SSSR count). The van der Waals surface area contributed by atoms with Crippen LogP contribution in [0.4, 0.5) is 0 Å². The molecule has 4 nitrogen and oxygen atoms in total. The van der Waals surface area contributed by atoms with Gasteiger partial charge in [0.1, 0.15) is 10.8 Å². The number of hydrogen-bond donors (Lipinski definition) is 2. The zero-order valence-electron chi connectivity index (χ0n) is 7.71. The van der Waals surface area contributed by atoms with E-state index in [1.807, 2.05) is 0 Å². The van der Waals surface area contributed by atoms with Gasteiger partial charge in [0.2, 0.25) is 9.84 Å². The van der Waals surface area contributed by atoms with Gasteiger partial charge >= 0.3 is 0 Å². The summed E-state index contributed by atoms with van der Waals surface area (Å²) < 4.78 is 23.3. The van der Waals surface area contributed by atoms with Gasteiger partial charge in [0.15, 0.2) is 0 Å². The lowest BCUT2D eigenvalue weighted by Crippen LogP contribution is -2.09. The molecule has 0 amide bonds. The number of phenols is 1. The molecule has 1 aliphatic rings. The van der Waals surface area contributed by atoms with E-state index in [4.69, 9.17) is 5.73 Å². The predicted molar refractivity (Wildman–Crippen MR) is 57.3 cm³/mol. The Morgan fingerprint density at radius 2 is 1.80 bits per heavy atom. The number of benzene rings is 1. The van der Waals surface area contributed by atoms with Crippen LogP contribution in [0.15, 0.2) is 41.4 Å². The van der Waals surface area contributed by atoms with E-state index in [9.17, 15) is 13.5 Å². The molecule has 0 atom stereocenters. The van der Waals surface area contributed by atoms with Crippen molar-refractivity contribution in [2.45, 2.75) is 0 Å². The van der Waals surface area contributed by atoms with E-state index in [1.54, 1.807) is 12.1 Å². The summed E-state index contributed by atoms with van der Waals surface area (Å²) in [4.78, 5) is 0.0399. The van der Waals surface area contributed by atoms with Gasteiger partial charge < -0.3 is 10.8 Å². The molecule has 0 aliphatic carbocycles. The number of phenolic OH excluding ortho intramolecular Hbond substituents is 1. The summed E-state index contributed by atoms with van der Waals surface area (Å²) in [7, 11) is -3.60. The molecule has 0 aromatic heterocycles. The molecule has 3 N–H and O–H groups in total. The largest absolute Gasteiger partial charge is 0.507 e. The van der Waals surface area contributed by atoms with Crippen LogP contribution in [0.1, 0.15) is 5.56 Å². The fourth-order valence-electron chi connectivity index (χ4n) is 1.38. The zero-order valence-corrected chi connectivity index (χ0v) is 8.53. The standard InChI is InChI=1S/C10H9NO3S/c11-10-6-5-9(15(10,13)14)7-3-1-2-4-8(7)12/h1-6,12H,11H2. The van der Waals surface area contributed by atoms with E-state index in [2.05, 4.69) is 0 Å². The number of para-hydroxylation sites is 1. The van der Waals surface area contributed by atoms with Crippen molar-refractivity contribution in [2.75, 3.05) is 0 Å². The second-order valence-electron chi connectivity index (χ2n) is 3.12. The van der Waals surface area contributed by atoms with E-state index >= 15 is 0 Å². The van der Waals surface area contributed by atoms with Gasteiger partial charge in [0.25, 0.3) is 0 Å². The first-order valence-corrected chi connectivity index (χ1v) is 5.73. The summed E-state index contributed by atoms with van der Waals surface area (Å²) in [6.07, 6.45) is 2.71. The van der Waals surface area contributed by atoms with Gasteiger partial charge in [0.05, 0.1) is 4.91 Å². The van der Waals surface area contributed by atoms with E-state index in [0.29, 0.717) is 0 Å². The van der Waals surface area contributed by atoms with Crippen molar-refractivity contribution >= 4 is 14.7 Å². The minimum atomic E-state index is -3.60. The van der Waals surface area contributed by atoms with Crippen LogP contribution in [0.3, 0.4) is 0 Å². The lowest BCUT2D eigenvalue weighted by Gasteiger charge is -2.06. The molecule has 1 aromatic rings. The summed E-state index contributed by atoms with van der Waals surface area (Å²) >= 11 is 0. The van der Waals surface area contributed by atoms with Crippen molar-refractivity contribution in [2.24, 2.45) is 5.73 Å². The molecule has 5 heteroatoms. The fraction of sp³-hybridized carbons (Fsp3) is 0. The maximum Gasteiger partial charge on any atom is 0.222 e. The SMILES string of the molecule is NC1=CC=C(c2ccccc2O)S1(=O)=O. The molecule has 15 heavy (non-hydrogen) atoms. The maximum atomic E-state index is 11.7. The lowest BCUT2D eigenvalue weighted by molar-refractivity contribution is 0.473. The highest BCUT2D eigenvalue weighted by atomic mass is 32.2. The van der Waals surface area contributed by atoms with Crippen LogP contribution in [-0.4, -0.2) is 13.5 Å². The van der Waals surface area contributed by atoms with Gasteiger partial charge in [0, 0.05) is 5.56 Å². The van der Waals surface area contributed by atoms with Crippen molar-refractivity contribution < 1.29 is 13.5 Å². The molecule has 0 saturated carbocycles. The summed E-state index contributed by atoms with van der Waals surface area (Å²) in [5.74, 6) is -0.0737. The topological polar surface area (TPSA) is 80.4 Å². The highest BCUT2D eigenvalue weighted by Gasteiger charge is 2.27. The highest BCUT2D eigenvalue weighted by molar-refractivity contribution is 8.04. The van der Waals surface area contributed by atoms with Crippen LogP contribution < -0.4 is 5.73 Å². The number of allylic oxidation sites excluding steroid dienone is 2. The first-order valence-electron chi connectivity index (χ1n) is 4.24. The first kappa shape index (κ1) is 9.79. The summed E-state index contributed by atoms with van der Waals surface area (Å²) in [6, 6.07) is 6.24. The fourth-order valence-corrected chi connectivity index (χ4v) is 2.59. The average molecular weight is 223 g/mol. The Kier molecular flexibility index (Phi) is 2.04. The van der Waals surface area contributed by atoms with Crippen molar-refractivity contribution in [3.63, 3.8) is 0 Å². The molecule has 0 radical (unpaired) electrons. The van der Waals surface area contributed by atoms with E-state index < -0.39 is 9.84 Å². The Morgan fingerprint density at radius 3 is 2.33 bits per heavy atom. The molecule has 1 heterocycles. The molecule has 1 aromatic carbocycles. The van der Waals surface area contributed by atoms with Crippen molar-refractivity contribution in [1.82, 2.24) is 0 Å². The molecular formula is C10H9NO3S. The van der Waals surface area contributed by atoms with Gasteiger partial charge in [-0.1, -0.05) is 12.1 Å². The van der Waals surface area contributed by atoms with E-state index in [-0.39, 0.29) is 21.2 Å². The minimum absolute atomic E-state index is 0.0399. The highest BCUT2D eigenvalue weighted by Crippen LogP contribution is 2.34. The molecule has 0 fully saturated rings. The molecule has 0 spiro atoms. The van der Waals surface area contributed by atoms with Crippen LogP contribution in [0.25, 0.3) is 4.91 Å². The van der Waals surface area contributed by atoms with Crippen LogP contribution in [-0.2, 0) is 9.84 Å². The van der Waals surface area contributed by atoms with E-state index in [1.165, 1.54) is 24.3 Å². The third-order valence-electron chi connectivity index (χ3n) is 2.17. The van der Waals surface area contributed by atoms with Crippen LogP contribution in [0.2, 0.25) is 0 Å². The van der Waals surface area contributed by atoms with Crippen molar-refractivity contribution in [3.8, 4) is 5.75 Å². The molecule has 0 saturated heterocycles. The van der Waals surface area contributed by atoms with Crippen LogP contribution in [0, 0.1) is 0 Å². The number of aromatic hydroxyl groups is 1. The summed E-state index contributed by atoms with van der Waals surface area (Å²) in [5.41, 5.74) is 5.60. The first-order chi connectivity index (χ1) is 7.03. The minimum Gasteiger partial charge on any atom is -0.507 e. The van der Waals surface area contributed by atoms with Gasteiger partial charge in [-0.2, -0.15) is 0 Å². The molecule has 78 valence electrons. The Bertz CT molecular complexity index is 570. The lowest BCUT2D eigenvalue weighted by atomic mass is 10.2. The molecule has 0 unspecified atom stereocenters. The maximum absolute atomic E-state index is 11.7. The second-order valence-corrected chi connectivity index (χ2v) is 5.04. The number of hydrogen-bond acceptors (Lipinski definition) is 4. The summed E-state index contributed by atoms with van der Waals surface area (Å²) in [5, 5.41) is 9.33. The Balaban J connectivity index is 2.59. The number of sulfone groups is 1. The Morgan fingerprint density at radius 1 is 1.13 bits per heavy atom. The number of rotatable bonds is 1. The van der Waals surface area contributed by atoms with Crippen LogP contribution in [0.5, 0.6) is 5.75 Å². The monoisotopic (exact) mass is 223 g/mol. The van der Waals surface area contributed by atoms with E-state index in [0.717, 1.165) is 0 Å². The van der Waals surface area contributed by atoms with Crippen LogP contribution >= 0.6 is 0 Å². The third kappa shape index (κ3) is 1.41. The molecule has 0 bridgehead atoms. The zero-order chi connectivity index (χ0) is 11.1. The Labute approximate surface area is 87.3 Å². The van der Waals surface area contributed by atoms with Gasteiger partial charge in [-0.05, 0) is 24.3 Å².